The summed E-state index contributed by atoms with van der Waals surface area (Å²) >= 11 is 1.46. The van der Waals surface area contributed by atoms with E-state index in [9.17, 15) is 4.79 Å². The molecule has 0 N–H and O–H groups in total. The van der Waals surface area contributed by atoms with Crippen LogP contribution in [0.25, 0.3) is 16.9 Å². The number of fused-ring (bicyclic) bond motifs is 1. The third kappa shape index (κ3) is 2.26. The molecule has 1 aliphatic rings. The van der Waals surface area contributed by atoms with Crippen molar-refractivity contribution in [3.8, 4) is 5.82 Å². The van der Waals surface area contributed by atoms with E-state index in [-0.39, 0.29) is 11.0 Å². The lowest BCUT2D eigenvalue weighted by Gasteiger charge is -2.13. The normalized spacial score (nSPS) is 15.8. The summed E-state index contributed by atoms with van der Waals surface area (Å²) in [5, 5.41) is 1.18. The number of hydrogen-bond acceptors (Lipinski definition) is 5. The predicted molar refractivity (Wildman–Crippen MR) is 95.0 cm³/mol. The van der Waals surface area contributed by atoms with Crippen molar-refractivity contribution in [2.45, 2.75) is 43.8 Å². The van der Waals surface area contributed by atoms with Crippen molar-refractivity contribution < 1.29 is 0 Å². The zero-order chi connectivity index (χ0) is 16.9. The number of nitrogens with zero attached hydrogens (tertiary/aromatic N) is 5. The molecule has 3 heterocycles. The molecule has 6 nitrogen and oxygen atoms in total. The Balaban J connectivity index is 2.00. The van der Waals surface area contributed by atoms with Gasteiger partial charge >= 0.3 is 0 Å². The van der Waals surface area contributed by atoms with Gasteiger partial charge in [0, 0.05) is 23.9 Å². The summed E-state index contributed by atoms with van der Waals surface area (Å²) in [4.78, 5) is 26.3. The average molecular weight is 341 g/mol. The molecule has 0 saturated heterocycles. The minimum Gasteiger partial charge on any atom is -0.267 e. The summed E-state index contributed by atoms with van der Waals surface area (Å²) < 4.78 is 3.50. The van der Waals surface area contributed by atoms with Gasteiger partial charge in [0.05, 0.1) is 0 Å². The van der Waals surface area contributed by atoms with Gasteiger partial charge in [0.1, 0.15) is 5.39 Å². The van der Waals surface area contributed by atoms with Gasteiger partial charge in [-0.05, 0) is 38.2 Å². The van der Waals surface area contributed by atoms with Gasteiger partial charge in [0.2, 0.25) is 0 Å². The first-order valence-electron chi connectivity index (χ1n) is 8.08. The Bertz CT molecular complexity index is 986. The highest BCUT2D eigenvalue weighted by Crippen LogP contribution is 2.46. The molecule has 0 bridgehead atoms. The zero-order valence-electron chi connectivity index (χ0n) is 14.0. The summed E-state index contributed by atoms with van der Waals surface area (Å²) in [6, 6.07) is 6.01. The fourth-order valence-electron chi connectivity index (χ4n) is 2.95. The Labute approximate surface area is 143 Å². The van der Waals surface area contributed by atoms with E-state index in [4.69, 9.17) is 4.98 Å². The SMILES string of the molecule is CCn1c(=O)c2cnc(SC)nc2n1-c1cccc(C2(C)CC2)n1. The summed E-state index contributed by atoms with van der Waals surface area (Å²) in [6.45, 7) is 4.73. The monoisotopic (exact) mass is 341 g/mol. The van der Waals surface area contributed by atoms with Crippen LogP contribution in [0.4, 0.5) is 0 Å². The number of thioether (sulfide) groups is 1. The van der Waals surface area contributed by atoms with Crippen molar-refractivity contribution in [1.29, 1.82) is 0 Å². The molecule has 124 valence electrons. The Morgan fingerprint density at radius 1 is 1.29 bits per heavy atom. The van der Waals surface area contributed by atoms with Crippen LogP contribution in [0.3, 0.4) is 0 Å². The molecule has 4 rings (SSSR count). The topological polar surface area (TPSA) is 65.6 Å². The number of aromatic nitrogens is 5. The Hall–Kier alpha value is -2.15. The van der Waals surface area contributed by atoms with Crippen LogP contribution >= 0.6 is 11.8 Å². The largest absolute Gasteiger partial charge is 0.278 e. The number of rotatable bonds is 4. The standard InChI is InChI=1S/C17H19N5OS/c1-4-21-15(23)11-10-18-16(24-3)20-14(11)22(21)13-7-5-6-12(19-13)17(2)8-9-17/h5-7,10H,4,8-9H2,1-3H3. The molecule has 0 spiro atoms. The van der Waals surface area contributed by atoms with E-state index in [1.807, 2.05) is 30.0 Å². The summed E-state index contributed by atoms with van der Waals surface area (Å²) in [7, 11) is 0. The number of hydrogen-bond donors (Lipinski definition) is 0. The number of pyridine rings is 1. The van der Waals surface area contributed by atoms with Crippen molar-refractivity contribution in [3.63, 3.8) is 0 Å². The summed E-state index contributed by atoms with van der Waals surface area (Å²) in [5.74, 6) is 0.736. The molecule has 1 fully saturated rings. The van der Waals surface area contributed by atoms with E-state index in [0.717, 1.165) is 24.4 Å². The summed E-state index contributed by atoms with van der Waals surface area (Å²) in [5.41, 5.74) is 1.79. The van der Waals surface area contributed by atoms with Gasteiger partial charge in [-0.15, -0.1) is 0 Å². The van der Waals surface area contributed by atoms with Gasteiger partial charge in [0.25, 0.3) is 5.56 Å². The Morgan fingerprint density at radius 2 is 2.08 bits per heavy atom. The Kier molecular flexibility index (Phi) is 3.49. The third-order valence-electron chi connectivity index (χ3n) is 4.71. The smallest absolute Gasteiger partial charge is 0.267 e. The minimum absolute atomic E-state index is 0.0787. The molecule has 0 amide bonds. The molecular formula is C17H19N5OS. The van der Waals surface area contributed by atoms with Crippen molar-refractivity contribution in [2.24, 2.45) is 0 Å². The van der Waals surface area contributed by atoms with Gasteiger partial charge in [-0.2, -0.15) is 0 Å². The van der Waals surface area contributed by atoms with Gasteiger partial charge < -0.3 is 0 Å². The highest BCUT2D eigenvalue weighted by molar-refractivity contribution is 7.98. The van der Waals surface area contributed by atoms with Crippen LogP contribution in [-0.4, -0.2) is 30.6 Å². The first-order valence-corrected chi connectivity index (χ1v) is 9.30. The zero-order valence-corrected chi connectivity index (χ0v) is 14.8. The molecule has 3 aromatic heterocycles. The van der Waals surface area contributed by atoms with E-state index in [2.05, 4.69) is 23.0 Å². The second-order valence-electron chi connectivity index (χ2n) is 6.37. The lowest BCUT2D eigenvalue weighted by atomic mass is 10.1. The van der Waals surface area contributed by atoms with E-state index in [1.54, 1.807) is 10.9 Å². The van der Waals surface area contributed by atoms with Gasteiger partial charge in [0.15, 0.2) is 16.6 Å². The lowest BCUT2D eigenvalue weighted by Crippen LogP contribution is -2.22. The minimum atomic E-state index is -0.0787. The van der Waals surface area contributed by atoms with Gasteiger partial charge in [-0.25, -0.2) is 24.3 Å². The molecule has 0 atom stereocenters. The second kappa shape index (κ2) is 5.44. The molecule has 7 heteroatoms. The van der Waals surface area contributed by atoms with Crippen molar-refractivity contribution in [2.75, 3.05) is 6.26 Å². The predicted octanol–water partition coefficient (Wildman–Crippen LogP) is 2.77. The van der Waals surface area contributed by atoms with E-state index >= 15 is 0 Å². The van der Waals surface area contributed by atoms with Crippen LogP contribution in [0.15, 0.2) is 34.3 Å². The average Bonchev–Trinajstić information content (AvgIpc) is 3.30. The fourth-order valence-corrected chi connectivity index (χ4v) is 3.29. The van der Waals surface area contributed by atoms with Crippen molar-refractivity contribution >= 4 is 22.8 Å². The van der Waals surface area contributed by atoms with Gasteiger partial charge in [-0.1, -0.05) is 24.8 Å². The van der Waals surface area contributed by atoms with Crippen molar-refractivity contribution in [1.82, 2.24) is 24.3 Å². The third-order valence-corrected chi connectivity index (χ3v) is 5.27. The summed E-state index contributed by atoms with van der Waals surface area (Å²) in [6.07, 6.45) is 5.86. The van der Waals surface area contributed by atoms with Crippen LogP contribution in [0.5, 0.6) is 0 Å². The highest BCUT2D eigenvalue weighted by atomic mass is 32.2. The van der Waals surface area contributed by atoms with Crippen molar-refractivity contribution in [3.05, 3.63) is 40.4 Å². The molecule has 0 unspecified atom stereocenters. The molecule has 0 aromatic carbocycles. The maximum absolute atomic E-state index is 12.7. The van der Waals surface area contributed by atoms with Crippen LogP contribution in [-0.2, 0) is 12.0 Å². The quantitative estimate of drug-likeness (QED) is 0.539. The maximum atomic E-state index is 12.7. The van der Waals surface area contributed by atoms with Gasteiger partial charge in [-0.3, -0.25) is 4.79 Å². The first kappa shape index (κ1) is 15.4. The molecule has 1 saturated carbocycles. The highest BCUT2D eigenvalue weighted by Gasteiger charge is 2.40. The second-order valence-corrected chi connectivity index (χ2v) is 7.14. The fraction of sp³-hybridized carbons (Fsp3) is 0.412. The molecule has 0 aliphatic heterocycles. The van der Waals surface area contributed by atoms with Crippen LogP contribution in [0, 0.1) is 0 Å². The molecule has 1 aliphatic carbocycles. The molecule has 24 heavy (non-hydrogen) atoms. The molecule has 3 aromatic rings. The van der Waals surface area contributed by atoms with E-state index in [1.165, 1.54) is 11.8 Å². The molecule has 0 radical (unpaired) electrons. The van der Waals surface area contributed by atoms with Crippen LogP contribution < -0.4 is 5.56 Å². The van der Waals surface area contributed by atoms with E-state index < -0.39 is 0 Å². The first-order chi connectivity index (χ1) is 11.6. The molecular weight excluding hydrogens is 322 g/mol. The Morgan fingerprint density at radius 3 is 2.75 bits per heavy atom. The van der Waals surface area contributed by atoms with Crippen LogP contribution in [0.1, 0.15) is 32.4 Å². The van der Waals surface area contributed by atoms with E-state index in [0.29, 0.717) is 22.7 Å². The maximum Gasteiger partial charge on any atom is 0.278 e. The lowest BCUT2D eigenvalue weighted by molar-refractivity contribution is 0.564. The van der Waals surface area contributed by atoms with Crippen LogP contribution in [0.2, 0.25) is 0 Å².